The Morgan fingerprint density at radius 3 is 2.70 bits per heavy atom. The molecule has 2 aromatic rings. The normalized spacial score (nSPS) is 19.3. The van der Waals surface area contributed by atoms with Crippen molar-refractivity contribution in [2.24, 2.45) is 5.10 Å². The van der Waals surface area contributed by atoms with E-state index in [-0.39, 0.29) is 36.7 Å². The zero-order chi connectivity index (χ0) is 23.2. The van der Waals surface area contributed by atoms with Gasteiger partial charge in [-0.3, -0.25) is 14.5 Å². The summed E-state index contributed by atoms with van der Waals surface area (Å²) in [7, 11) is 0. The van der Waals surface area contributed by atoms with Crippen molar-refractivity contribution < 1.29 is 18.7 Å². The van der Waals surface area contributed by atoms with Crippen LogP contribution in [0.1, 0.15) is 36.5 Å². The molecule has 0 radical (unpaired) electrons. The minimum Gasteiger partial charge on any atom is -0.376 e. The van der Waals surface area contributed by atoms with Gasteiger partial charge in [0.2, 0.25) is 5.91 Å². The second-order valence-corrected chi connectivity index (χ2v) is 8.54. The number of hydrogen-bond donors (Lipinski definition) is 1. The van der Waals surface area contributed by atoms with Crippen molar-refractivity contribution >= 4 is 17.5 Å². The SMILES string of the molecule is CC1CN(Cc2cccc(CNC(=O)C3=NN(Cc4ccc(F)cc4)C(=O)CC3)c2)CCO1. The van der Waals surface area contributed by atoms with Gasteiger partial charge in [0.25, 0.3) is 5.91 Å². The van der Waals surface area contributed by atoms with Crippen LogP contribution in [-0.2, 0) is 34.0 Å². The van der Waals surface area contributed by atoms with E-state index in [1.807, 2.05) is 12.1 Å². The Morgan fingerprint density at radius 2 is 1.91 bits per heavy atom. The molecule has 7 nitrogen and oxygen atoms in total. The number of ether oxygens (including phenoxy) is 1. The minimum atomic E-state index is -0.337. The largest absolute Gasteiger partial charge is 0.376 e. The maximum atomic E-state index is 13.1. The van der Waals surface area contributed by atoms with E-state index >= 15 is 0 Å². The molecule has 0 aromatic heterocycles. The minimum absolute atomic E-state index is 0.152. The molecule has 1 saturated heterocycles. The molecule has 2 amide bonds. The lowest BCUT2D eigenvalue weighted by Crippen LogP contribution is -2.40. The number of carbonyl (C=O) groups is 2. The van der Waals surface area contributed by atoms with Crippen LogP contribution in [0.25, 0.3) is 0 Å². The van der Waals surface area contributed by atoms with Crippen molar-refractivity contribution in [3.8, 4) is 0 Å². The Hall–Kier alpha value is -3.10. The van der Waals surface area contributed by atoms with Gasteiger partial charge in [-0.05, 0) is 35.7 Å². The highest BCUT2D eigenvalue weighted by molar-refractivity contribution is 6.39. The summed E-state index contributed by atoms with van der Waals surface area (Å²) in [4.78, 5) is 27.3. The molecule has 2 aliphatic heterocycles. The Labute approximate surface area is 193 Å². The molecule has 8 heteroatoms. The van der Waals surface area contributed by atoms with Crippen LogP contribution in [-0.4, -0.2) is 53.2 Å². The highest BCUT2D eigenvalue weighted by atomic mass is 19.1. The van der Waals surface area contributed by atoms with Crippen molar-refractivity contribution in [3.05, 3.63) is 71.0 Å². The average Bonchev–Trinajstić information content (AvgIpc) is 2.81. The predicted molar refractivity (Wildman–Crippen MR) is 123 cm³/mol. The monoisotopic (exact) mass is 452 g/mol. The first-order chi connectivity index (χ1) is 16.0. The van der Waals surface area contributed by atoms with E-state index in [1.165, 1.54) is 22.7 Å². The first-order valence-corrected chi connectivity index (χ1v) is 11.3. The van der Waals surface area contributed by atoms with Crippen LogP contribution in [0.15, 0.2) is 53.6 Å². The number of rotatable bonds is 7. The van der Waals surface area contributed by atoms with E-state index in [1.54, 1.807) is 12.1 Å². The summed E-state index contributed by atoms with van der Waals surface area (Å²) < 4.78 is 18.7. The first kappa shape index (κ1) is 23.1. The third kappa shape index (κ3) is 6.46. The van der Waals surface area contributed by atoms with E-state index in [9.17, 15) is 14.0 Å². The smallest absolute Gasteiger partial charge is 0.267 e. The van der Waals surface area contributed by atoms with Crippen molar-refractivity contribution in [1.29, 1.82) is 0 Å². The highest BCUT2D eigenvalue weighted by Crippen LogP contribution is 2.15. The summed E-state index contributed by atoms with van der Waals surface area (Å²) in [6, 6.07) is 14.1. The van der Waals surface area contributed by atoms with Gasteiger partial charge in [-0.2, -0.15) is 5.10 Å². The topological polar surface area (TPSA) is 74.2 Å². The molecular weight excluding hydrogens is 423 g/mol. The van der Waals surface area contributed by atoms with Gasteiger partial charge in [0.05, 0.1) is 19.3 Å². The van der Waals surface area contributed by atoms with Gasteiger partial charge < -0.3 is 10.1 Å². The number of carbonyl (C=O) groups excluding carboxylic acids is 2. The molecule has 0 aliphatic carbocycles. The Bertz CT molecular complexity index is 1020. The van der Waals surface area contributed by atoms with Gasteiger partial charge in [0.1, 0.15) is 11.5 Å². The van der Waals surface area contributed by atoms with Gasteiger partial charge in [0.15, 0.2) is 0 Å². The van der Waals surface area contributed by atoms with E-state index in [0.717, 1.165) is 37.4 Å². The number of amides is 2. The average molecular weight is 453 g/mol. The Kier molecular flexibility index (Phi) is 7.47. The van der Waals surface area contributed by atoms with E-state index in [0.29, 0.717) is 18.7 Å². The van der Waals surface area contributed by atoms with Crippen LogP contribution in [0.2, 0.25) is 0 Å². The van der Waals surface area contributed by atoms with Gasteiger partial charge >= 0.3 is 0 Å². The lowest BCUT2D eigenvalue weighted by Gasteiger charge is -2.31. The maximum Gasteiger partial charge on any atom is 0.267 e. The summed E-state index contributed by atoms with van der Waals surface area (Å²) in [6.45, 7) is 6.10. The quantitative estimate of drug-likeness (QED) is 0.701. The maximum absolute atomic E-state index is 13.1. The van der Waals surface area contributed by atoms with E-state index < -0.39 is 0 Å². The van der Waals surface area contributed by atoms with Crippen LogP contribution in [0.3, 0.4) is 0 Å². The van der Waals surface area contributed by atoms with Crippen molar-refractivity contribution in [2.75, 3.05) is 19.7 Å². The number of nitrogens with one attached hydrogen (secondary N) is 1. The third-order valence-electron chi connectivity index (χ3n) is 5.79. The second-order valence-electron chi connectivity index (χ2n) is 8.54. The molecular formula is C25H29FN4O3. The molecule has 4 rings (SSSR count). The first-order valence-electron chi connectivity index (χ1n) is 11.3. The molecule has 2 heterocycles. The van der Waals surface area contributed by atoms with Gasteiger partial charge in [-0.15, -0.1) is 0 Å². The second kappa shape index (κ2) is 10.7. The van der Waals surface area contributed by atoms with Crippen LogP contribution in [0, 0.1) is 5.82 Å². The zero-order valence-corrected chi connectivity index (χ0v) is 18.8. The van der Waals surface area contributed by atoms with Crippen molar-refractivity contribution in [3.63, 3.8) is 0 Å². The number of hydrogen-bond acceptors (Lipinski definition) is 5. The number of halogens is 1. The lowest BCUT2D eigenvalue weighted by molar-refractivity contribution is -0.132. The molecule has 0 saturated carbocycles. The van der Waals surface area contributed by atoms with Crippen molar-refractivity contribution in [2.45, 2.75) is 45.5 Å². The molecule has 33 heavy (non-hydrogen) atoms. The highest BCUT2D eigenvalue weighted by Gasteiger charge is 2.24. The molecule has 1 atom stereocenters. The number of morpholine rings is 1. The van der Waals surface area contributed by atoms with Crippen LogP contribution < -0.4 is 5.32 Å². The number of benzene rings is 2. The number of hydrazone groups is 1. The summed E-state index contributed by atoms with van der Waals surface area (Å²) in [6.07, 6.45) is 0.771. The summed E-state index contributed by atoms with van der Waals surface area (Å²) in [5.41, 5.74) is 3.29. The molecule has 0 spiro atoms. The molecule has 1 fully saturated rings. The zero-order valence-electron chi connectivity index (χ0n) is 18.8. The predicted octanol–water partition coefficient (Wildman–Crippen LogP) is 2.84. The fourth-order valence-electron chi connectivity index (χ4n) is 4.07. The molecule has 174 valence electrons. The third-order valence-corrected chi connectivity index (χ3v) is 5.79. The van der Waals surface area contributed by atoms with Crippen molar-refractivity contribution in [1.82, 2.24) is 15.2 Å². The lowest BCUT2D eigenvalue weighted by atomic mass is 10.1. The molecule has 2 aromatic carbocycles. The Morgan fingerprint density at radius 1 is 1.12 bits per heavy atom. The summed E-state index contributed by atoms with van der Waals surface area (Å²) in [5.74, 6) is -0.768. The summed E-state index contributed by atoms with van der Waals surface area (Å²) >= 11 is 0. The molecule has 0 bridgehead atoms. The summed E-state index contributed by atoms with van der Waals surface area (Å²) in [5, 5.41) is 8.48. The molecule has 1 N–H and O–H groups in total. The van der Waals surface area contributed by atoms with Crippen LogP contribution >= 0.6 is 0 Å². The molecule has 2 aliphatic rings. The standard InChI is InChI=1S/C25H29FN4O3/c1-18-15-29(11-12-33-18)16-21-4-2-3-20(13-21)14-27-25(32)23-9-10-24(31)30(28-23)17-19-5-7-22(26)8-6-19/h2-8,13,18H,9-12,14-17H2,1H3,(H,27,32). The number of nitrogens with zero attached hydrogens (tertiary/aromatic N) is 3. The van der Waals surface area contributed by atoms with Gasteiger partial charge in [-0.1, -0.05) is 36.4 Å². The van der Waals surface area contributed by atoms with E-state index in [4.69, 9.17) is 4.74 Å². The van der Waals surface area contributed by atoms with Crippen LogP contribution in [0.4, 0.5) is 4.39 Å². The fourth-order valence-corrected chi connectivity index (χ4v) is 4.07. The Balaban J connectivity index is 1.34. The molecule has 1 unspecified atom stereocenters. The fraction of sp³-hybridized carbons (Fsp3) is 0.400. The van der Waals surface area contributed by atoms with Gasteiger partial charge in [0, 0.05) is 39.0 Å². The van der Waals surface area contributed by atoms with E-state index in [2.05, 4.69) is 34.4 Å². The van der Waals surface area contributed by atoms with Crippen LogP contribution in [0.5, 0.6) is 0 Å². The van der Waals surface area contributed by atoms with Gasteiger partial charge in [-0.25, -0.2) is 9.40 Å².